The molecule has 2 atom stereocenters. The van der Waals surface area contributed by atoms with Gasteiger partial charge < -0.3 is 15.7 Å². The van der Waals surface area contributed by atoms with E-state index >= 15 is 0 Å². The van der Waals surface area contributed by atoms with Crippen LogP contribution >= 0.6 is 12.4 Å². The molecule has 126 valence electrons. The average Bonchev–Trinajstić information content (AvgIpc) is 2.45. The van der Waals surface area contributed by atoms with Gasteiger partial charge in [-0.2, -0.15) is 0 Å². The van der Waals surface area contributed by atoms with Crippen LogP contribution in [0, 0.1) is 11.7 Å². The van der Waals surface area contributed by atoms with E-state index in [1.807, 2.05) is 20.8 Å². The fourth-order valence-electron chi connectivity index (χ4n) is 2.10. The summed E-state index contributed by atoms with van der Waals surface area (Å²) in [6.07, 6.45) is -0.294. The first-order valence-corrected chi connectivity index (χ1v) is 7.33. The zero-order valence-electron chi connectivity index (χ0n) is 13.3. The zero-order valence-corrected chi connectivity index (χ0v) is 14.1. The summed E-state index contributed by atoms with van der Waals surface area (Å²) in [5, 5.41) is 10.2. The van der Waals surface area contributed by atoms with E-state index in [1.165, 1.54) is 24.3 Å². The molecule has 1 aromatic rings. The summed E-state index contributed by atoms with van der Waals surface area (Å²) in [4.78, 5) is 13.9. The van der Waals surface area contributed by atoms with Gasteiger partial charge in [-0.15, -0.1) is 12.4 Å². The SMILES string of the molecule is CCC(N)C(=O)N(CC(C)C)CC(O)c1ccc(F)cc1.Cl. The van der Waals surface area contributed by atoms with Gasteiger partial charge in [0.05, 0.1) is 18.7 Å². The van der Waals surface area contributed by atoms with Gasteiger partial charge in [-0.3, -0.25) is 4.79 Å². The Balaban J connectivity index is 0.00000441. The largest absolute Gasteiger partial charge is 0.387 e. The number of nitrogens with two attached hydrogens (primary N) is 1. The van der Waals surface area contributed by atoms with E-state index in [4.69, 9.17) is 5.73 Å². The van der Waals surface area contributed by atoms with E-state index in [0.29, 0.717) is 18.5 Å². The van der Waals surface area contributed by atoms with Gasteiger partial charge in [0, 0.05) is 6.54 Å². The first-order valence-electron chi connectivity index (χ1n) is 7.33. The number of aliphatic hydroxyl groups is 1. The highest BCUT2D eigenvalue weighted by Gasteiger charge is 2.23. The van der Waals surface area contributed by atoms with Crippen LogP contribution in [0.5, 0.6) is 0 Å². The summed E-state index contributed by atoms with van der Waals surface area (Å²) in [5.74, 6) is -0.236. The van der Waals surface area contributed by atoms with Crippen LogP contribution in [0.1, 0.15) is 38.9 Å². The number of rotatable bonds is 7. The number of hydrogen-bond acceptors (Lipinski definition) is 3. The Bertz CT molecular complexity index is 454. The van der Waals surface area contributed by atoms with Gasteiger partial charge in [0.25, 0.3) is 0 Å². The molecule has 0 saturated heterocycles. The number of nitrogens with zero attached hydrogens (tertiary/aromatic N) is 1. The van der Waals surface area contributed by atoms with E-state index in [9.17, 15) is 14.3 Å². The van der Waals surface area contributed by atoms with Gasteiger partial charge in [0.1, 0.15) is 5.82 Å². The summed E-state index contributed by atoms with van der Waals surface area (Å²) >= 11 is 0. The molecule has 0 radical (unpaired) electrons. The second-order valence-electron chi connectivity index (χ2n) is 5.72. The molecule has 0 aromatic heterocycles. The molecule has 0 fully saturated rings. The third-order valence-corrected chi connectivity index (χ3v) is 3.30. The quantitative estimate of drug-likeness (QED) is 0.806. The van der Waals surface area contributed by atoms with Crippen molar-refractivity contribution in [3.05, 3.63) is 35.6 Å². The molecule has 1 aromatic carbocycles. The van der Waals surface area contributed by atoms with Gasteiger partial charge in [0.2, 0.25) is 5.91 Å². The highest BCUT2D eigenvalue weighted by Crippen LogP contribution is 2.16. The lowest BCUT2D eigenvalue weighted by Crippen LogP contribution is -2.46. The van der Waals surface area contributed by atoms with Gasteiger partial charge in [-0.05, 0) is 30.0 Å². The minimum atomic E-state index is -0.850. The topological polar surface area (TPSA) is 66.6 Å². The number of benzene rings is 1. The van der Waals surface area contributed by atoms with Gasteiger partial charge >= 0.3 is 0 Å². The summed E-state index contributed by atoms with van der Waals surface area (Å²) in [6, 6.07) is 5.09. The normalized spacial score (nSPS) is 13.4. The molecule has 0 saturated carbocycles. The average molecular weight is 333 g/mol. The van der Waals surface area contributed by atoms with Crippen LogP contribution in [0.25, 0.3) is 0 Å². The lowest BCUT2D eigenvalue weighted by molar-refractivity contribution is -0.134. The van der Waals surface area contributed by atoms with Crippen LogP contribution in [-0.2, 0) is 4.79 Å². The molecule has 6 heteroatoms. The standard InChI is InChI=1S/C16H25FN2O2.ClH/c1-4-14(18)16(21)19(9-11(2)3)10-15(20)12-5-7-13(17)8-6-12;/h5-8,11,14-15,20H,4,9-10,18H2,1-3H3;1H. The number of carbonyl (C=O) groups excluding carboxylic acids is 1. The van der Waals surface area contributed by atoms with Crippen molar-refractivity contribution in [2.24, 2.45) is 11.7 Å². The van der Waals surface area contributed by atoms with Crippen LogP contribution < -0.4 is 5.73 Å². The van der Waals surface area contributed by atoms with Crippen LogP contribution in [0.4, 0.5) is 4.39 Å². The minimum absolute atomic E-state index is 0. The summed E-state index contributed by atoms with van der Waals surface area (Å²) in [7, 11) is 0. The van der Waals surface area contributed by atoms with Crippen LogP contribution in [-0.4, -0.2) is 35.0 Å². The lowest BCUT2D eigenvalue weighted by Gasteiger charge is -2.29. The summed E-state index contributed by atoms with van der Waals surface area (Å²) < 4.78 is 12.9. The third-order valence-electron chi connectivity index (χ3n) is 3.30. The molecule has 0 aliphatic rings. The molecule has 0 aliphatic heterocycles. The second kappa shape index (κ2) is 9.77. The van der Waals surface area contributed by atoms with Gasteiger partial charge in [-0.1, -0.05) is 32.9 Å². The first-order chi connectivity index (χ1) is 9.85. The number of hydrogen-bond donors (Lipinski definition) is 2. The van der Waals surface area contributed by atoms with Crippen molar-refractivity contribution in [2.45, 2.75) is 39.3 Å². The monoisotopic (exact) mass is 332 g/mol. The molecular weight excluding hydrogens is 307 g/mol. The van der Waals surface area contributed by atoms with Crippen LogP contribution in [0.3, 0.4) is 0 Å². The fraction of sp³-hybridized carbons (Fsp3) is 0.562. The second-order valence-corrected chi connectivity index (χ2v) is 5.72. The van der Waals surface area contributed by atoms with E-state index in [-0.39, 0.29) is 36.6 Å². The predicted octanol–water partition coefficient (Wildman–Crippen LogP) is 2.50. The minimum Gasteiger partial charge on any atom is -0.387 e. The smallest absolute Gasteiger partial charge is 0.239 e. The third kappa shape index (κ3) is 6.30. The van der Waals surface area contributed by atoms with Crippen molar-refractivity contribution in [1.82, 2.24) is 4.90 Å². The lowest BCUT2D eigenvalue weighted by atomic mass is 10.1. The number of amides is 1. The molecule has 3 N–H and O–H groups in total. The summed E-state index contributed by atoms with van der Waals surface area (Å²) in [6.45, 7) is 6.55. The van der Waals surface area contributed by atoms with Crippen LogP contribution in [0.2, 0.25) is 0 Å². The van der Waals surface area contributed by atoms with E-state index in [0.717, 1.165) is 0 Å². The summed E-state index contributed by atoms with van der Waals surface area (Å²) in [5.41, 5.74) is 6.39. The Kier molecular flexibility index (Phi) is 9.25. The zero-order chi connectivity index (χ0) is 16.0. The molecule has 0 bridgehead atoms. The van der Waals surface area contributed by atoms with E-state index in [2.05, 4.69) is 0 Å². The van der Waals surface area contributed by atoms with Crippen molar-refractivity contribution in [1.29, 1.82) is 0 Å². The molecule has 2 unspecified atom stereocenters. The van der Waals surface area contributed by atoms with Gasteiger partial charge in [0.15, 0.2) is 0 Å². The van der Waals surface area contributed by atoms with Crippen molar-refractivity contribution in [3.8, 4) is 0 Å². The molecule has 0 heterocycles. The molecule has 0 aliphatic carbocycles. The maximum Gasteiger partial charge on any atom is 0.239 e. The van der Waals surface area contributed by atoms with Gasteiger partial charge in [-0.25, -0.2) is 4.39 Å². The Labute approximate surface area is 137 Å². The van der Waals surface area contributed by atoms with E-state index < -0.39 is 12.1 Å². The fourth-order valence-corrected chi connectivity index (χ4v) is 2.10. The van der Waals surface area contributed by atoms with Crippen molar-refractivity contribution < 1.29 is 14.3 Å². The first kappa shape index (κ1) is 20.8. The highest BCUT2D eigenvalue weighted by atomic mass is 35.5. The molecule has 1 rings (SSSR count). The molecular formula is C16H26ClFN2O2. The molecule has 0 spiro atoms. The van der Waals surface area contributed by atoms with E-state index in [1.54, 1.807) is 4.90 Å². The van der Waals surface area contributed by atoms with Crippen molar-refractivity contribution >= 4 is 18.3 Å². The number of halogens is 2. The van der Waals surface area contributed by atoms with Crippen molar-refractivity contribution in [2.75, 3.05) is 13.1 Å². The predicted molar refractivity (Wildman–Crippen MR) is 88.3 cm³/mol. The molecule has 4 nitrogen and oxygen atoms in total. The molecule has 1 amide bonds. The van der Waals surface area contributed by atoms with Crippen LogP contribution in [0.15, 0.2) is 24.3 Å². The highest BCUT2D eigenvalue weighted by molar-refractivity contribution is 5.85. The maximum absolute atomic E-state index is 12.9. The number of carbonyl (C=O) groups is 1. The van der Waals surface area contributed by atoms with Crippen molar-refractivity contribution in [3.63, 3.8) is 0 Å². The number of aliphatic hydroxyl groups excluding tert-OH is 1. The molecule has 22 heavy (non-hydrogen) atoms. The Morgan fingerprint density at radius 2 is 1.82 bits per heavy atom. The Morgan fingerprint density at radius 3 is 2.27 bits per heavy atom. The Morgan fingerprint density at radius 1 is 1.27 bits per heavy atom. The maximum atomic E-state index is 12.9. The Hall–Kier alpha value is -1.17.